The van der Waals surface area contributed by atoms with Gasteiger partial charge in [0.15, 0.2) is 0 Å². The van der Waals surface area contributed by atoms with Crippen LogP contribution in [0.2, 0.25) is 0 Å². The minimum absolute atomic E-state index is 0.449. The largest absolute Gasteiger partial charge is 0.495 e. The number of anilines is 1. The van der Waals surface area contributed by atoms with E-state index < -0.39 is 11.9 Å². The summed E-state index contributed by atoms with van der Waals surface area (Å²) in [4.78, 5) is 13.1. The number of hydrogen-bond donors (Lipinski definition) is 1. The Balaban J connectivity index is 2.63. The third kappa shape index (κ3) is 1.41. The normalized spacial score (nSPS) is 18.4. The second kappa shape index (κ2) is 3.70. The highest BCUT2D eigenvalue weighted by molar-refractivity contribution is 5.85. The lowest BCUT2D eigenvalue weighted by molar-refractivity contribution is -0.138. The molecule has 2 rings (SSSR count). The van der Waals surface area contributed by atoms with Gasteiger partial charge in [0.05, 0.1) is 12.8 Å². The summed E-state index contributed by atoms with van der Waals surface area (Å²) in [6, 6.07) is 3.79. The predicted octanol–water partition coefficient (Wildman–Crippen LogP) is 1.62. The summed E-state index contributed by atoms with van der Waals surface area (Å²) in [6.07, 6.45) is 0. The summed E-state index contributed by atoms with van der Waals surface area (Å²) >= 11 is 0. The first-order valence-corrected chi connectivity index (χ1v) is 5.17. The number of methoxy groups -OCH3 is 1. The number of nitrogens with zero attached hydrogens (tertiary/aromatic N) is 1. The number of carboxylic acids is 1. The van der Waals surface area contributed by atoms with Crippen molar-refractivity contribution in [2.24, 2.45) is 0 Å². The van der Waals surface area contributed by atoms with Gasteiger partial charge in [0, 0.05) is 13.6 Å². The Morgan fingerprint density at radius 1 is 1.56 bits per heavy atom. The van der Waals surface area contributed by atoms with Crippen molar-refractivity contribution in [3.63, 3.8) is 0 Å². The van der Waals surface area contributed by atoms with Gasteiger partial charge in [0.25, 0.3) is 0 Å². The van der Waals surface area contributed by atoms with Gasteiger partial charge in [0.2, 0.25) is 0 Å². The fraction of sp³-hybridized carbons (Fsp3) is 0.417. The number of hydrogen-bond acceptors (Lipinski definition) is 3. The molecular weight excluding hydrogens is 206 g/mol. The molecule has 1 N–H and O–H groups in total. The van der Waals surface area contributed by atoms with Gasteiger partial charge < -0.3 is 14.7 Å². The zero-order valence-electron chi connectivity index (χ0n) is 9.65. The summed E-state index contributed by atoms with van der Waals surface area (Å²) in [5.74, 6) is -0.482. The van der Waals surface area contributed by atoms with Gasteiger partial charge in [-0.15, -0.1) is 0 Å². The molecule has 1 aromatic rings. The maximum absolute atomic E-state index is 11.2. The molecule has 0 saturated heterocycles. The molecule has 0 saturated carbocycles. The van der Waals surface area contributed by atoms with Crippen molar-refractivity contribution in [3.05, 3.63) is 23.3 Å². The number of ether oxygens (including phenoxy) is 1. The summed E-state index contributed by atoms with van der Waals surface area (Å²) in [6.45, 7) is 2.44. The number of aryl methyl sites for hydroxylation is 1. The zero-order valence-corrected chi connectivity index (χ0v) is 9.65. The highest BCUT2D eigenvalue weighted by Gasteiger charge is 2.35. The average Bonchev–Trinajstić information content (AvgIpc) is 2.59. The third-order valence-electron chi connectivity index (χ3n) is 3.10. The van der Waals surface area contributed by atoms with Crippen LogP contribution in [0.4, 0.5) is 5.69 Å². The first kappa shape index (κ1) is 10.8. The summed E-state index contributed by atoms with van der Waals surface area (Å²) in [5, 5.41) is 9.20. The van der Waals surface area contributed by atoms with Gasteiger partial charge in [-0.3, -0.25) is 4.79 Å². The lowest BCUT2D eigenvalue weighted by Crippen LogP contribution is -2.20. The number of carboxylic acid groups (broad SMARTS) is 1. The Morgan fingerprint density at radius 3 is 2.81 bits per heavy atom. The first-order chi connectivity index (χ1) is 7.56. The van der Waals surface area contributed by atoms with Crippen molar-refractivity contribution in [2.45, 2.75) is 12.8 Å². The van der Waals surface area contributed by atoms with Gasteiger partial charge in [-0.2, -0.15) is 0 Å². The van der Waals surface area contributed by atoms with Crippen LogP contribution in [0, 0.1) is 6.92 Å². The molecule has 0 aromatic heterocycles. The monoisotopic (exact) mass is 221 g/mol. The topological polar surface area (TPSA) is 49.8 Å². The molecule has 1 aromatic carbocycles. The number of carbonyl (C=O) groups is 1. The van der Waals surface area contributed by atoms with Gasteiger partial charge in [-0.1, -0.05) is 6.07 Å². The molecule has 1 heterocycles. The molecule has 0 radical (unpaired) electrons. The van der Waals surface area contributed by atoms with E-state index in [1.807, 2.05) is 31.0 Å². The molecule has 1 atom stereocenters. The van der Waals surface area contributed by atoms with E-state index in [1.165, 1.54) is 0 Å². The molecule has 0 fully saturated rings. The van der Waals surface area contributed by atoms with Crippen molar-refractivity contribution in [1.29, 1.82) is 0 Å². The van der Waals surface area contributed by atoms with E-state index in [1.54, 1.807) is 7.11 Å². The van der Waals surface area contributed by atoms with E-state index in [0.29, 0.717) is 6.54 Å². The lowest BCUT2D eigenvalue weighted by atomic mass is 9.96. The van der Waals surface area contributed by atoms with Crippen LogP contribution in [-0.2, 0) is 4.79 Å². The van der Waals surface area contributed by atoms with Gasteiger partial charge in [-0.05, 0) is 24.1 Å². The Kier molecular flexibility index (Phi) is 2.50. The maximum atomic E-state index is 11.2. The molecule has 4 heteroatoms. The zero-order chi connectivity index (χ0) is 11.9. The minimum atomic E-state index is -0.776. The smallest absolute Gasteiger partial charge is 0.312 e. The van der Waals surface area contributed by atoms with Crippen LogP contribution in [0.25, 0.3) is 0 Å². The second-order valence-corrected chi connectivity index (χ2v) is 4.12. The van der Waals surface area contributed by atoms with Crippen LogP contribution in [0.3, 0.4) is 0 Å². The van der Waals surface area contributed by atoms with Crippen LogP contribution in [0.15, 0.2) is 12.1 Å². The number of aliphatic carboxylic acids is 1. The summed E-state index contributed by atoms with van der Waals surface area (Å²) in [5.41, 5.74) is 2.80. The van der Waals surface area contributed by atoms with Crippen LogP contribution < -0.4 is 9.64 Å². The van der Waals surface area contributed by atoms with E-state index >= 15 is 0 Å². The molecule has 0 amide bonds. The van der Waals surface area contributed by atoms with E-state index in [2.05, 4.69) is 0 Å². The van der Waals surface area contributed by atoms with Crippen molar-refractivity contribution >= 4 is 11.7 Å². The number of likely N-dealkylation sites (N-methyl/N-ethyl adjacent to an activating group) is 1. The van der Waals surface area contributed by atoms with E-state index in [4.69, 9.17) is 4.74 Å². The van der Waals surface area contributed by atoms with Gasteiger partial charge >= 0.3 is 5.97 Å². The van der Waals surface area contributed by atoms with Crippen LogP contribution in [-0.4, -0.2) is 31.8 Å². The van der Waals surface area contributed by atoms with E-state index in [-0.39, 0.29) is 0 Å². The fourth-order valence-corrected chi connectivity index (χ4v) is 2.35. The minimum Gasteiger partial charge on any atom is -0.495 e. The SMILES string of the molecule is COc1ccc(C)c2c1N(C)CC2C(=O)O. The number of benzene rings is 1. The van der Waals surface area contributed by atoms with Crippen molar-refractivity contribution in [1.82, 2.24) is 0 Å². The second-order valence-electron chi connectivity index (χ2n) is 4.12. The predicted molar refractivity (Wildman–Crippen MR) is 61.4 cm³/mol. The van der Waals surface area contributed by atoms with Crippen molar-refractivity contribution < 1.29 is 14.6 Å². The summed E-state index contributed by atoms with van der Waals surface area (Å²) in [7, 11) is 3.50. The molecule has 0 spiro atoms. The maximum Gasteiger partial charge on any atom is 0.312 e. The molecule has 0 aliphatic carbocycles. The number of rotatable bonds is 2. The Morgan fingerprint density at radius 2 is 2.25 bits per heavy atom. The van der Waals surface area contributed by atoms with E-state index in [9.17, 15) is 9.90 Å². The Hall–Kier alpha value is -1.71. The van der Waals surface area contributed by atoms with E-state index in [0.717, 1.165) is 22.6 Å². The van der Waals surface area contributed by atoms with Crippen molar-refractivity contribution in [2.75, 3.05) is 25.6 Å². The Bertz CT molecular complexity index is 442. The number of fused-ring (bicyclic) bond motifs is 1. The quantitative estimate of drug-likeness (QED) is 0.824. The highest BCUT2D eigenvalue weighted by atomic mass is 16.5. The fourth-order valence-electron chi connectivity index (χ4n) is 2.35. The van der Waals surface area contributed by atoms with Crippen LogP contribution in [0.1, 0.15) is 17.0 Å². The molecule has 1 unspecified atom stereocenters. The lowest BCUT2D eigenvalue weighted by Gasteiger charge is -2.16. The van der Waals surface area contributed by atoms with Crippen LogP contribution in [0.5, 0.6) is 5.75 Å². The Labute approximate surface area is 94.4 Å². The molecule has 86 valence electrons. The molecular formula is C12H15NO3. The van der Waals surface area contributed by atoms with Gasteiger partial charge in [-0.25, -0.2) is 0 Å². The third-order valence-corrected chi connectivity index (χ3v) is 3.10. The average molecular weight is 221 g/mol. The molecule has 1 aliphatic heterocycles. The molecule has 16 heavy (non-hydrogen) atoms. The first-order valence-electron chi connectivity index (χ1n) is 5.17. The standard InChI is InChI=1S/C12H15NO3/c1-7-4-5-9(16-3)11-10(7)8(12(14)15)6-13(11)2/h4-5,8H,6H2,1-3H3,(H,14,15). The van der Waals surface area contributed by atoms with Gasteiger partial charge in [0.1, 0.15) is 11.7 Å². The summed E-state index contributed by atoms with van der Waals surface area (Å²) < 4.78 is 5.28. The molecule has 1 aliphatic rings. The molecule has 4 nitrogen and oxygen atoms in total. The van der Waals surface area contributed by atoms with Crippen molar-refractivity contribution in [3.8, 4) is 5.75 Å². The van der Waals surface area contributed by atoms with Crippen LogP contribution >= 0.6 is 0 Å². The molecule has 0 bridgehead atoms. The highest BCUT2D eigenvalue weighted by Crippen LogP contribution is 2.43.